The average molecular weight is 610 g/mol. The number of unbranched alkanes of at least 4 members (excludes halogenated alkanes) is 16. The Morgan fingerprint density at radius 3 is 1.05 bits per heavy atom. The Balaban J connectivity index is 0.00000800. The second-order valence-electron chi connectivity index (χ2n) is 11.4. The molecule has 0 fully saturated rings. The van der Waals surface area contributed by atoms with Crippen LogP contribution in [0.25, 0.3) is 0 Å². The minimum atomic E-state index is 0. The second kappa shape index (κ2) is 28.6. The van der Waals surface area contributed by atoms with Crippen molar-refractivity contribution in [1.82, 2.24) is 9.13 Å². The van der Waals surface area contributed by atoms with E-state index in [0.717, 1.165) is 36.9 Å². The lowest BCUT2D eigenvalue weighted by atomic mass is 10.1. The molecule has 2 heterocycles. The summed E-state index contributed by atoms with van der Waals surface area (Å²) < 4.78 is 4.63. The summed E-state index contributed by atoms with van der Waals surface area (Å²) in [4.78, 5) is 9.48. The monoisotopic (exact) mass is 608 g/mol. The smallest absolute Gasteiger partial charge is 0.0603 e. The number of aromatic nitrogens is 2. The summed E-state index contributed by atoms with van der Waals surface area (Å²) in [6.07, 6.45) is 34.0. The van der Waals surface area contributed by atoms with Crippen LogP contribution in [0.3, 0.4) is 0 Å². The van der Waals surface area contributed by atoms with Crippen molar-refractivity contribution < 1.29 is 0 Å². The van der Waals surface area contributed by atoms with Gasteiger partial charge < -0.3 is 9.13 Å². The van der Waals surface area contributed by atoms with Gasteiger partial charge in [-0.15, -0.1) is 24.8 Å². The molecule has 0 aliphatic heterocycles. The third-order valence-electron chi connectivity index (χ3n) is 7.69. The van der Waals surface area contributed by atoms with Crippen molar-refractivity contribution in [3.63, 3.8) is 0 Å². The molecule has 0 aromatic carbocycles. The third-order valence-corrected chi connectivity index (χ3v) is 7.69. The molecule has 0 aliphatic carbocycles. The summed E-state index contributed by atoms with van der Waals surface area (Å²) in [6.45, 7) is 8.72. The van der Waals surface area contributed by atoms with Crippen LogP contribution < -0.4 is 10.7 Å². The fraction of sp³-hybridized carbons (Fsp3) is 0.714. The van der Waals surface area contributed by atoms with Crippen LogP contribution in [0.4, 0.5) is 0 Å². The van der Waals surface area contributed by atoms with E-state index in [9.17, 15) is 0 Å². The number of aryl methyl sites for hydroxylation is 2. The van der Waals surface area contributed by atoms with Gasteiger partial charge in [-0.2, -0.15) is 0 Å². The highest BCUT2D eigenvalue weighted by Crippen LogP contribution is 2.09. The number of hydrogen-bond donors (Lipinski definition) is 0. The molecule has 0 radical (unpaired) electrons. The molecule has 0 saturated heterocycles. The van der Waals surface area contributed by atoms with Crippen LogP contribution in [0.5, 0.6) is 0 Å². The highest BCUT2D eigenvalue weighted by Gasteiger charge is 1.95. The van der Waals surface area contributed by atoms with Crippen molar-refractivity contribution in [3.8, 4) is 0 Å². The Morgan fingerprint density at radius 2 is 0.707 bits per heavy atom. The lowest BCUT2D eigenvalue weighted by molar-refractivity contribution is 0.527. The molecule has 0 unspecified atom stereocenters. The van der Waals surface area contributed by atoms with Crippen LogP contribution in [0.1, 0.15) is 136 Å². The lowest BCUT2D eigenvalue weighted by Gasteiger charge is -2.07. The minimum absolute atomic E-state index is 0. The molecule has 0 spiro atoms. The molecule has 41 heavy (non-hydrogen) atoms. The first-order valence-electron chi connectivity index (χ1n) is 16.6. The zero-order chi connectivity index (χ0) is 27.6. The quantitative estimate of drug-likeness (QED) is 0.106. The van der Waals surface area contributed by atoms with E-state index in [-0.39, 0.29) is 24.8 Å². The van der Waals surface area contributed by atoms with Crippen molar-refractivity contribution in [3.05, 3.63) is 59.8 Å². The van der Waals surface area contributed by atoms with Gasteiger partial charge in [-0.3, -0.25) is 9.98 Å². The van der Waals surface area contributed by atoms with Gasteiger partial charge in [0.05, 0.1) is 10.7 Å². The first-order valence-corrected chi connectivity index (χ1v) is 16.6. The fourth-order valence-electron chi connectivity index (χ4n) is 5.08. The predicted octanol–water partition coefficient (Wildman–Crippen LogP) is 10.1. The summed E-state index contributed by atoms with van der Waals surface area (Å²) in [5.74, 6) is 0. The van der Waals surface area contributed by atoms with Gasteiger partial charge in [0, 0.05) is 51.0 Å². The molecule has 0 amide bonds. The van der Waals surface area contributed by atoms with E-state index in [4.69, 9.17) is 9.98 Å². The molecule has 2 rings (SSSR count). The van der Waals surface area contributed by atoms with Crippen LogP contribution in [0.2, 0.25) is 0 Å². The van der Waals surface area contributed by atoms with Crippen LogP contribution in [-0.2, 0) is 13.1 Å². The molecule has 236 valence electrons. The maximum atomic E-state index is 4.74. The molecule has 2 aromatic heterocycles. The maximum absolute atomic E-state index is 4.74. The second-order valence-corrected chi connectivity index (χ2v) is 11.4. The third kappa shape index (κ3) is 21.8. The molecule has 6 heteroatoms. The Labute approximate surface area is 265 Å². The Bertz CT molecular complexity index is 849. The zero-order valence-electron chi connectivity index (χ0n) is 26.5. The van der Waals surface area contributed by atoms with Gasteiger partial charge in [-0.05, 0) is 49.9 Å². The van der Waals surface area contributed by atoms with Crippen molar-refractivity contribution in [2.45, 2.75) is 149 Å². The van der Waals surface area contributed by atoms with Crippen LogP contribution in [0, 0.1) is 0 Å². The summed E-state index contributed by atoms with van der Waals surface area (Å²) in [5, 5.41) is 2.26. The highest BCUT2D eigenvalue weighted by atomic mass is 35.5. The van der Waals surface area contributed by atoms with E-state index < -0.39 is 0 Å². The molecule has 4 nitrogen and oxygen atoms in total. The Morgan fingerprint density at radius 1 is 0.415 bits per heavy atom. The number of rotatable bonds is 24. The zero-order valence-corrected chi connectivity index (χ0v) is 28.1. The van der Waals surface area contributed by atoms with Crippen LogP contribution in [0.15, 0.2) is 59.0 Å². The van der Waals surface area contributed by atoms with Gasteiger partial charge in [-0.25, -0.2) is 0 Å². The molecular weight excluding hydrogens is 547 g/mol. The van der Waals surface area contributed by atoms with Crippen molar-refractivity contribution in [2.24, 2.45) is 9.98 Å². The molecular formula is C35H62Cl2N4. The summed E-state index contributed by atoms with van der Waals surface area (Å²) >= 11 is 0. The lowest BCUT2D eigenvalue weighted by Crippen LogP contribution is -2.07. The normalized spacial score (nSPS) is 10.6. The highest BCUT2D eigenvalue weighted by molar-refractivity contribution is 5.85. The van der Waals surface area contributed by atoms with Gasteiger partial charge >= 0.3 is 0 Å². The van der Waals surface area contributed by atoms with E-state index in [0.29, 0.717) is 0 Å². The largest absolute Gasteiger partial charge is 0.354 e. The van der Waals surface area contributed by atoms with Crippen molar-refractivity contribution >= 4 is 24.8 Å². The predicted molar refractivity (Wildman–Crippen MR) is 183 cm³/mol. The average Bonchev–Trinajstić information content (AvgIpc) is 2.97. The van der Waals surface area contributed by atoms with Gasteiger partial charge in [0.25, 0.3) is 0 Å². The molecule has 0 aliphatic rings. The summed E-state index contributed by atoms with van der Waals surface area (Å²) in [6, 6.07) is 8.70. The Hall–Kier alpha value is -1.52. The Kier molecular flexibility index (Phi) is 27.5. The van der Waals surface area contributed by atoms with Gasteiger partial charge in [-0.1, -0.05) is 110 Å². The van der Waals surface area contributed by atoms with E-state index >= 15 is 0 Å². The molecule has 2 aromatic rings. The van der Waals surface area contributed by atoms with Crippen molar-refractivity contribution in [2.75, 3.05) is 13.1 Å². The first-order chi connectivity index (χ1) is 19.3. The van der Waals surface area contributed by atoms with Crippen LogP contribution >= 0.6 is 24.8 Å². The molecule has 0 bridgehead atoms. The maximum Gasteiger partial charge on any atom is 0.0603 e. The number of nitrogens with zero attached hydrogens (tertiary/aromatic N) is 4. The molecule has 0 atom stereocenters. The first kappa shape index (κ1) is 39.5. The minimum Gasteiger partial charge on any atom is -0.354 e. The fourth-order valence-corrected chi connectivity index (χ4v) is 5.08. The molecule has 0 N–H and O–H groups in total. The number of hydrogen-bond acceptors (Lipinski definition) is 2. The van der Waals surface area contributed by atoms with Gasteiger partial charge in [0.2, 0.25) is 0 Å². The SMILES string of the molecule is CCCCCCCCN=c1ccn(CCCCCCCCCn2ccc(=NCCCCCCCC)cc2)cc1.Cl.Cl. The van der Waals surface area contributed by atoms with Crippen LogP contribution in [-0.4, -0.2) is 22.2 Å². The van der Waals surface area contributed by atoms with Crippen molar-refractivity contribution in [1.29, 1.82) is 0 Å². The van der Waals surface area contributed by atoms with E-state index in [1.807, 2.05) is 0 Å². The molecule has 0 saturated carbocycles. The summed E-state index contributed by atoms with van der Waals surface area (Å²) in [7, 11) is 0. The van der Waals surface area contributed by atoms with Gasteiger partial charge in [0.15, 0.2) is 0 Å². The number of pyridine rings is 2. The summed E-state index contributed by atoms with van der Waals surface area (Å²) in [5.41, 5.74) is 0. The number of halogens is 2. The topological polar surface area (TPSA) is 34.6 Å². The van der Waals surface area contributed by atoms with Gasteiger partial charge in [0.1, 0.15) is 0 Å². The van der Waals surface area contributed by atoms with E-state index in [2.05, 4.69) is 72.0 Å². The van der Waals surface area contributed by atoms with E-state index in [1.165, 1.54) is 122 Å². The van der Waals surface area contributed by atoms with E-state index in [1.54, 1.807) is 0 Å². The standard InChI is InChI=1S/C35H60N4.2ClH/c1-3-5-7-9-14-18-26-36-34-22-30-38(31-23-34)28-20-16-12-11-13-17-21-29-39-32-24-35(25-33-39)37-27-19-15-10-8-6-4-2;;/h22-25,30-33H,3-21,26-29H2,1-2H3;2*1H.